The summed E-state index contributed by atoms with van der Waals surface area (Å²) in [6.07, 6.45) is 3.12. The van der Waals surface area contributed by atoms with Crippen LogP contribution in [0.3, 0.4) is 0 Å². The van der Waals surface area contributed by atoms with Crippen LogP contribution in [0.4, 0.5) is 4.79 Å². The Morgan fingerprint density at radius 1 is 1.04 bits per heavy atom. The number of cyclic esters (lactones) is 1. The fourth-order valence-electron chi connectivity index (χ4n) is 8.43. The van der Waals surface area contributed by atoms with Crippen LogP contribution in [0.2, 0.25) is 0 Å². The van der Waals surface area contributed by atoms with Crippen LogP contribution in [-0.2, 0) is 38.0 Å². The maximum absolute atomic E-state index is 13.7. The van der Waals surface area contributed by atoms with Crippen LogP contribution in [0.5, 0.6) is 0 Å². The van der Waals surface area contributed by atoms with E-state index in [-0.39, 0.29) is 43.0 Å². The number of fused-ring (bicyclic) bond motifs is 2. The minimum atomic E-state index is -1.77. The van der Waals surface area contributed by atoms with Gasteiger partial charge >= 0.3 is 12.1 Å². The number of ketones is 1. The molecule has 4 aliphatic heterocycles. The van der Waals surface area contributed by atoms with Gasteiger partial charge in [-0.05, 0) is 76.4 Å². The quantitative estimate of drug-likeness (QED) is 0.137. The third-order valence-electron chi connectivity index (χ3n) is 11.8. The topological polar surface area (TPSA) is 197 Å². The van der Waals surface area contributed by atoms with Crippen molar-refractivity contribution in [1.82, 2.24) is 0 Å². The molecule has 0 aromatic rings. The Balaban J connectivity index is 1.60. The average molecular weight is 764 g/mol. The van der Waals surface area contributed by atoms with E-state index in [1.807, 2.05) is 73.6 Å². The van der Waals surface area contributed by atoms with Gasteiger partial charge in [-0.1, -0.05) is 58.9 Å². The Kier molecular flexibility index (Phi) is 15.1. The molecule has 4 aliphatic rings. The molecule has 2 fully saturated rings. The van der Waals surface area contributed by atoms with Crippen molar-refractivity contribution in [2.24, 2.45) is 29.4 Å². The number of ether oxygens (including phenoxy) is 6. The summed E-state index contributed by atoms with van der Waals surface area (Å²) >= 11 is 0. The van der Waals surface area contributed by atoms with E-state index in [4.69, 9.17) is 34.2 Å². The molecule has 13 nitrogen and oxygen atoms in total. The van der Waals surface area contributed by atoms with E-state index in [0.717, 1.165) is 11.1 Å². The van der Waals surface area contributed by atoms with Crippen LogP contribution in [-0.4, -0.2) is 99.7 Å². The summed E-state index contributed by atoms with van der Waals surface area (Å²) < 4.78 is 35.8. The SMILES string of the molecule is CCC(=O)[C@@]1(C)OC1[C@H](C)C[C@@H](C)[C@H]1OC(=O)C[C@@]2(O)CC=C(C)[C@H](O2)/C(C)=C/CCC[C@@H](OC2C[C@@H](OC(N)=O)[C@H](O)[C@@H](C)O2)/C=C/[C@H](C)C(O)[C@H]1C. The van der Waals surface area contributed by atoms with E-state index >= 15 is 0 Å². The van der Waals surface area contributed by atoms with Gasteiger partial charge in [0.2, 0.25) is 0 Å². The molecule has 4 heterocycles. The van der Waals surface area contributed by atoms with Crippen molar-refractivity contribution in [3.63, 3.8) is 0 Å². The molecule has 0 aromatic carbocycles. The summed E-state index contributed by atoms with van der Waals surface area (Å²) in [5.41, 5.74) is 6.26. The van der Waals surface area contributed by atoms with Gasteiger partial charge in [0.05, 0.1) is 30.8 Å². The minimum Gasteiger partial charge on any atom is -0.462 e. The van der Waals surface area contributed by atoms with Crippen molar-refractivity contribution in [2.75, 3.05) is 0 Å². The van der Waals surface area contributed by atoms with Gasteiger partial charge in [0.15, 0.2) is 23.5 Å². The highest BCUT2D eigenvalue weighted by Gasteiger charge is 2.59. The van der Waals surface area contributed by atoms with Gasteiger partial charge in [0.25, 0.3) is 0 Å². The van der Waals surface area contributed by atoms with E-state index in [2.05, 4.69) is 6.08 Å². The normalized spacial score (nSPS) is 42.4. The molecular weight excluding hydrogens is 698 g/mol. The van der Waals surface area contributed by atoms with E-state index in [9.17, 15) is 29.7 Å². The van der Waals surface area contributed by atoms with Crippen LogP contribution < -0.4 is 5.73 Å². The molecule has 54 heavy (non-hydrogen) atoms. The largest absolute Gasteiger partial charge is 0.462 e. The Bertz CT molecular complexity index is 1410. The second kappa shape index (κ2) is 18.5. The molecule has 0 aromatic heterocycles. The van der Waals surface area contributed by atoms with Gasteiger partial charge < -0.3 is 49.5 Å². The number of Topliss-reactive ketones (excluding diaryl/α,β-unsaturated/α-hetero) is 1. The number of esters is 1. The fourth-order valence-corrected chi connectivity index (χ4v) is 8.43. The number of hydrogen-bond acceptors (Lipinski definition) is 12. The number of hydrogen-bond donors (Lipinski definition) is 4. The molecule has 15 atom stereocenters. The van der Waals surface area contributed by atoms with E-state index < -0.39 is 84.3 Å². The number of epoxide rings is 1. The highest BCUT2D eigenvalue weighted by atomic mass is 16.7. The van der Waals surface area contributed by atoms with Crippen LogP contribution in [0, 0.1) is 23.7 Å². The predicted molar refractivity (Wildman–Crippen MR) is 200 cm³/mol. The molecule has 1 amide bonds. The van der Waals surface area contributed by atoms with Crippen molar-refractivity contribution in [3.05, 3.63) is 35.5 Å². The first-order chi connectivity index (χ1) is 25.3. The van der Waals surface area contributed by atoms with Gasteiger partial charge in [-0.25, -0.2) is 4.79 Å². The molecule has 306 valence electrons. The second-order valence-corrected chi connectivity index (χ2v) is 16.5. The highest BCUT2D eigenvalue weighted by Crippen LogP contribution is 2.45. The average Bonchev–Trinajstić information content (AvgIpc) is 3.81. The zero-order valence-electron chi connectivity index (χ0n) is 33.6. The molecular formula is C41H65NO12. The molecule has 2 bridgehead atoms. The van der Waals surface area contributed by atoms with Crippen molar-refractivity contribution < 1.29 is 58.1 Å². The Labute approximate surface area is 320 Å². The zero-order chi connectivity index (χ0) is 40.1. The highest BCUT2D eigenvalue weighted by molar-refractivity contribution is 5.89. The summed E-state index contributed by atoms with van der Waals surface area (Å²) in [4.78, 5) is 37.8. The summed E-state index contributed by atoms with van der Waals surface area (Å²) in [5.74, 6) is -3.55. The first kappa shape index (κ1) is 44.1. The van der Waals surface area contributed by atoms with E-state index in [0.29, 0.717) is 32.1 Å². The van der Waals surface area contributed by atoms with Gasteiger partial charge in [-0.2, -0.15) is 0 Å². The number of carbonyl (C=O) groups excluding carboxylic acids is 3. The molecule has 4 rings (SSSR count). The molecule has 0 radical (unpaired) electrons. The number of primary amides is 1. The summed E-state index contributed by atoms with van der Waals surface area (Å²) in [7, 11) is 0. The van der Waals surface area contributed by atoms with Gasteiger partial charge in [0.1, 0.15) is 24.4 Å². The molecule has 2 saturated heterocycles. The predicted octanol–water partition coefficient (Wildman–Crippen LogP) is 5.18. The molecule has 5 N–H and O–H groups in total. The van der Waals surface area contributed by atoms with Gasteiger partial charge in [-0.3, -0.25) is 9.59 Å². The molecule has 0 saturated carbocycles. The number of nitrogens with two attached hydrogens (primary N) is 1. The van der Waals surface area contributed by atoms with E-state index in [1.165, 1.54) is 0 Å². The monoisotopic (exact) mass is 763 g/mol. The number of rotatable bonds is 9. The molecule has 13 heteroatoms. The van der Waals surface area contributed by atoms with Gasteiger partial charge in [0, 0.05) is 31.1 Å². The standard InChI is InChI=1S/C41H65NO12/c1-10-31(43)40(9)38(54-40)26(6)19-25(5)37-27(7)34(45)22(2)15-16-29(50-33-20-30(51-39(42)47)35(46)28(8)49-33)14-12-11-13-23(3)36-24(4)17-18-41(48,53-36)21-32(44)52-37/h13,15-17,22,25-30,33-38,45-46,48H,10-12,14,18-21H2,1-9H3,(H2,42,47)/b16-15+,23-13+/t22-,25+,26+,27+,28+,29+,30+,33?,34?,35+,36+,37+,38?,40+,41+/m0/s1. The third kappa shape index (κ3) is 11.0. The molecule has 0 spiro atoms. The Hall–Kier alpha value is -2.65. The lowest BCUT2D eigenvalue weighted by atomic mass is 9.79. The lowest BCUT2D eigenvalue weighted by Gasteiger charge is -2.38. The number of amides is 1. The minimum absolute atomic E-state index is 0.0277. The molecule has 0 aliphatic carbocycles. The fraction of sp³-hybridized carbons (Fsp3) is 0.780. The van der Waals surface area contributed by atoms with Crippen molar-refractivity contribution >= 4 is 17.8 Å². The smallest absolute Gasteiger partial charge is 0.404 e. The van der Waals surface area contributed by atoms with Crippen molar-refractivity contribution in [2.45, 2.75) is 180 Å². The lowest BCUT2D eigenvalue weighted by Crippen LogP contribution is -2.50. The van der Waals surface area contributed by atoms with Crippen LogP contribution in [0.25, 0.3) is 0 Å². The van der Waals surface area contributed by atoms with Crippen molar-refractivity contribution in [3.8, 4) is 0 Å². The number of aliphatic hydroxyl groups excluding tert-OH is 2. The second-order valence-electron chi connectivity index (χ2n) is 16.5. The maximum atomic E-state index is 13.7. The number of allylic oxidation sites excluding steroid dienone is 1. The summed E-state index contributed by atoms with van der Waals surface area (Å²) in [6, 6.07) is 0. The summed E-state index contributed by atoms with van der Waals surface area (Å²) in [6.45, 7) is 16.9. The summed E-state index contributed by atoms with van der Waals surface area (Å²) in [5, 5.41) is 33.9. The Morgan fingerprint density at radius 3 is 2.39 bits per heavy atom. The van der Waals surface area contributed by atoms with Crippen molar-refractivity contribution in [1.29, 1.82) is 0 Å². The van der Waals surface area contributed by atoms with Crippen LogP contribution in [0.15, 0.2) is 35.5 Å². The first-order valence-corrected chi connectivity index (χ1v) is 19.7. The number of carbonyl (C=O) groups is 3. The van der Waals surface area contributed by atoms with E-state index in [1.54, 1.807) is 6.92 Å². The zero-order valence-corrected chi connectivity index (χ0v) is 33.6. The third-order valence-corrected chi connectivity index (χ3v) is 11.8. The lowest BCUT2D eigenvalue weighted by molar-refractivity contribution is -0.254. The first-order valence-electron chi connectivity index (χ1n) is 19.7. The van der Waals surface area contributed by atoms with Crippen LogP contribution in [0.1, 0.15) is 114 Å². The van der Waals surface area contributed by atoms with Crippen LogP contribution >= 0.6 is 0 Å². The number of aliphatic hydroxyl groups is 3. The maximum Gasteiger partial charge on any atom is 0.404 e. The van der Waals surface area contributed by atoms with Gasteiger partial charge in [-0.15, -0.1) is 0 Å². The molecule has 3 unspecified atom stereocenters. The Morgan fingerprint density at radius 2 is 1.72 bits per heavy atom.